The molecule has 0 radical (unpaired) electrons. The molecule has 1 aliphatic heterocycles. The molecule has 0 spiro atoms. The maximum absolute atomic E-state index is 12.7. The second-order valence-electron chi connectivity index (χ2n) is 6.62. The van der Waals surface area contributed by atoms with Gasteiger partial charge in [0.2, 0.25) is 0 Å². The van der Waals surface area contributed by atoms with Crippen LogP contribution in [0.25, 0.3) is 16.8 Å². The summed E-state index contributed by atoms with van der Waals surface area (Å²) < 4.78 is 6.27. The van der Waals surface area contributed by atoms with Crippen LogP contribution in [0.15, 0.2) is 62.4 Å². The number of fused-ring (bicyclic) bond motifs is 1. The van der Waals surface area contributed by atoms with Gasteiger partial charge < -0.3 is 14.9 Å². The van der Waals surface area contributed by atoms with Crippen LogP contribution in [0.5, 0.6) is 17.2 Å². The minimum atomic E-state index is -0.462. The number of carbonyl (C=O) groups is 2. The van der Waals surface area contributed by atoms with E-state index < -0.39 is 11.1 Å². The molecule has 2 N–H and O–H groups in total. The first kappa shape index (κ1) is 21.7. The monoisotopic (exact) mass is 563 g/mol. The number of amides is 2. The first-order chi connectivity index (χ1) is 14.9. The largest absolute Gasteiger partial charge is 0.506 e. The minimum absolute atomic E-state index is 0.0934. The van der Waals surface area contributed by atoms with Crippen molar-refractivity contribution in [2.24, 2.45) is 0 Å². The molecule has 9 heteroatoms. The molecular weight excluding hydrogens is 550 g/mol. The summed E-state index contributed by atoms with van der Waals surface area (Å²) in [6.07, 6.45) is 1.42. The Hall–Kier alpha value is -2.49. The van der Waals surface area contributed by atoms with Crippen LogP contribution < -0.4 is 4.74 Å². The van der Waals surface area contributed by atoms with E-state index in [4.69, 9.17) is 4.74 Å². The lowest BCUT2D eigenvalue weighted by molar-refractivity contribution is -0.123. The van der Waals surface area contributed by atoms with Crippen molar-refractivity contribution in [3.8, 4) is 17.2 Å². The van der Waals surface area contributed by atoms with Gasteiger partial charge in [-0.3, -0.25) is 14.5 Å². The van der Waals surface area contributed by atoms with E-state index in [0.717, 1.165) is 27.4 Å². The average Bonchev–Trinajstić information content (AvgIpc) is 3.03. The van der Waals surface area contributed by atoms with Crippen LogP contribution in [0.3, 0.4) is 0 Å². The fourth-order valence-corrected chi connectivity index (χ4v) is 5.14. The molecule has 158 valence electrons. The Labute approximate surface area is 198 Å². The van der Waals surface area contributed by atoms with Crippen LogP contribution in [0, 0.1) is 0 Å². The van der Waals surface area contributed by atoms with E-state index >= 15 is 0 Å². The average molecular weight is 565 g/mol. The standard InChI is InChI=1S/C22H15Br2NO5S/c23-15-10-13(19(26)18(24)20(15)27)11-17-21(28)25(22(29)31-17)8-9-30-16-7-3-5-12-4-1-2-6-14(12)16/h1-7,10-11,26-27H,8-9H2/b17-11-. The number of rotatable bonds is 5. The highest BCUT2D eigenvalue weighted by molar-refractivity contribution is 9.11. The molecule has 0 aliphatic carbocycles. The Bertz CT molecular complexity index is 1240. The van der Waals surface area contributed by atoms with Crippen LogP contribution in [0.4, 0.5) is 4.79 Å². The maximum Gasteiger partial charge on any atom is 0.293 e. The van der Waals surface area contributed by atoms with E-state index in [9.17, 15) is 19.8 Å². The van der Waals surface area contributed by atoms with Gasteiger partial charge in [0.1, 0.15) is 28.3 Å². The Kier molecular flexibility index (Phi) is 6.27. The first-order valence-electron chi connectivity index (χ1n) is 9.12. The summed E-state index contributed by atoms with van der Waals surface area (Å²) in [5.74, 6) is -0.166. The Morgan fingerprint density at radius 2 is 1.77 bits per heavy atom. The van der Waals surface area contributed by atoms with Crippen molar-refractivity contribution in [3.63, 3.8) is 0 Å². The van der Waals surface area contributed by atoms with Crippen LogP contribution >= 0.6 is 43.6 Å². The Morgan fingerprint density at radius 3 is 2.58 bits per heavy atom. The second kappa shape index (κ2) is 8.94. The fraction of sp³-hybridized carbons (Fsp3) is 0.0909. The van der Waals surface area contributed by atoms with E-state index in [1.807, 2.05) is 42.5 Å². The number of aromatic hydroxyl groups is 2. The van der Waals surface area contributed by atoms with Crippen molar-refractivity contribution < 1.29 is 24.5 Å². The number of phenols is 2. The number of benzene rings is 3. The number of ether oxygens (including phenoxy) is 1. The molecule has 1 heterocycles. The molecule has 1 saturated heterocycles. The van der Waals surface area contributed by atoms with Crippen molar-refractivity contribution in [2.45, 2.75) is 0 Å². The normalized spacial score (nSPS) is 15.3. The van der Waals surface area contributed by atoms with Crippen LogP contribution in [0.1, 0.15) is 5.56 Å². The number of thioether (sulfide) groups is 1. The van der Waals surface area contributed by atoms with Gasteiger partial charge in [0, 0.05) is 10.9 Å². The summed E-state index contributed by atoms with van der Waals surface area (Å²) in [5, 5.41) is 21.7. The lowest BCUT2D eigenvalue weighted by Crippen LogP contribution is -2.32. The first-order valence-corrected chi connectivity index (χ1v) is 11.5. The molecule has 0 unspecified atom stereocenters. The second-order valence-corrected chi connectivity index (χ2v) is 9.26. The summed E-state index contributed by atoms with van der Waals surface area (Å²) in [6.45, 7) is 0.251. The van der Waals surface area contributed by atoms with Crippen molar-refractivity contribution >= 4 is 71.6 Å². The van der Waals surface area contributed by atoms with E-state index in [2.05, 4.69) is 31.9 Å². The van der Waals surface area contributed by atoms with Gasteiger partial charge in [-0.2, -0.15) is 0 Å². The van der Waals surface area contributed by atoms with Crippen molar-refractivity contribution in [1.82, 2.24) is 4.90 Å². The number of imide groups is 1. The van der Waals surface area contributed by atoms with Gasteiger partial charge in [0.25, 0.3) is 11.1 Å². The molecule has 3 aromatic carbocycles. The zero-order valence-corrected chi connectivity index (χ0v) is 19.8. The molecule has 0 bridgehead atoms. The molecule has 1 fully saturated rings. The van der Waals surface area contributed by atoms with Crippen LogP contribution in [-0.2, 0) is 4.79 Å². The number of carbonyl (C=O) groups excluding carboxylic acids is 2. The predicted octanol–water partition coefficient (Wildman–Crippen LogP) is 5.89. The van der Waals surface area contributed by atoms with Crippen LogP contribution in [-0.4, -0.2) is 39.4 Å². The van der Waals surface area contributed by atoms with E-state index in [-0.39, 0.29) is 39.6 Å². The van der Waals surface area contributed by atoms with Gasteiger partial charge in [-0.15, -0.1) is 0 Å². The molecule has 2 amide bonds. The van der Waals surface area contributed by atoms with Crippen molar-refractivity contribution in [3.05, 3.63) is 67.9 Å². The molecule has 1 aliphatic rings. The van der Waals surface area contributed by atoms with E-state index in [0.29, 0.717) is 10.2 Å². The molecule has 0 saturated carbocycles. The van der Waals surface area contributed by atoms with Gasteiger partial charge in [-0.25, -0.2) is 0 Å². The third kappa shape index (κ3) is 4.30. The highest BCUT2D eigenvalue weighted by atomic mass is 79.9. The van der Waals surface area contributed by atoms with Gasteiger partial charge >= 0.3 is 0 Å². The summed E-state index contributed by atoms with van der Waals surface area (Å²) in [7, 11) is 0. The van der Waals surface area contributed by atoms with E-state index in [1.165, 1.54) is 12.1 Å². The number of phenolic OH excluding ortho intramolecular Hbond substituents is 2. The molecule has 0 aromatic heterocycles. The minimum Gasteiger partial charge on any atom is -0.506 e. The third-order valence-corrected chi connectivity index (χ3v) is 6.94. The SMILES string of the molecule is O=C1S/C(=C\c2cc(Br)c(O)c(Br)c2O)C(=O)N1CCOc1cccc2ccccc12. The summed E-state index contributed by atoms with van der Waals surface area (Å²) in [4.78, 5) is 26.4. The van der Waals surface area contributed by atoms with Gasteiger partial charge in [-0.1, -0.05) is 36.4 Å². The lowest BCUT2D eigenvalue weighted by Gasteiger charge is -2.14. The van der Waals surface area contributed by atoms with Gasteiger partial charge in [0.15, 0.2) is 0 Å². The number of hydrogen-bond donors (Lipinski definition) is 2. The van der Waals surface area contributed by atoms with Gasteiger partial charge in [0.05, 0.1) is 15.9 Å². The highest BCUT2D eigenvalue weighted by Crippen LogP contribution is 2.43. The maximum atomic E-state index is 12.7. The quantitative estimate of drug-likeness (QED) is 0.376. The summed E-state index contributed by atoms with van der Waals surface area (Å²) in [6, 6.07) is 15.0. The zero-order chi connectivity index (χ0) is 22.1. The molecule has 0 atom stereocenters. The predicted molar refractivity (Wildman–Crippen MR) is 127 cm³/mol. The molecule has 6 nitrogen and oxygen atoms in total. The lowest BCUT2D eigenvalue weighted by atomic mass is 10.1. The number of hydrogen-bond acceptors (Lipinski definition) is 6. The number of halogens is 2. The van der Waals surface area contributed by atoms with Crippen molar-refractivity contribution in [1.29, 1.82) is 0 Å². The smallest absolute Gasteiger partial charge is 0.293 e. The van der Waals surface area contributed by atoms with Gasteiger partial charge in [-0.05, 0) is 67.2 Å². The molecule has 4 rings (SSSR count). The topological polar surface area (TPSA) is 87.1 Å². The van der Waals surface area contributed by atoms with Crippen LogP contribution in [0.2, 0.25) is 0 Å². The van der Waals surface area contributed by atoms with Crippen molar-refractivity contribution in [2.75, 3.05) is 13.2 Å². The Morgan fingerprint density at radius 1 is 1.03 bits per heavy atom. The van der Waals surface area contributed by atoms with E-state index in [1.54, 1.807) is 0 Å². The summed E-state index contributed by atoms with van der Waals surface area (Å²) >= 11 is 7.07. The number of nitrogens with zero attached hydrogens (tertiary/aromatic N) is 1. The molecular formula is C22H15Br2NO5S. The third-order valence-electron chi connectivity index (χ3n) is 4.68. The molecule has 3 aromatic rings. The zero-order valence-electron chi connectivity index (χ0n) is 15.8. The fourth-order valence-electron chi connectivity index (χ4n) is 3.13. The Balaban J connectivity index is 1.48. The molecule has 31 heavy (non-hydrogen) atoms. The summed E-state index contributed by atoms with van der Waals surface area (Å²) in [5.41, 5.74) is 0.286. The highest BCUT2D eigenvalue weighted by Gasteiger charge is 2.35.